The molecule has 0 amide bonds. The second-order valence-electron chi connectivity index (χ2n) is 9.54. The van der Waals surface area contributed by atoms with Gasteiger partial charge in [0.2, 0.25) is 0 Å². The van der Waals surface area contributed by atoms with Gasteiger partial charge in [-0.1, -0.05) is 62.7 Å². The number of rotatable bonds is 8. The van der Waals surface area contributed by atoms with Crippen LogP contribution in [-0.2, 0) is 27.4 Å². The second kappa shape index (κ2) is 10.0. The molecule has 0 atom stereocenters. The first-order chi connectivity index (χ1) is 17.0. The van der Waals surface area contributed by atoms with Crippen molar-refractivity contribution in [2.24, 2.45) is 0 Å². The smallest absolute Gasteiger partial charge is 0.155 e. The summed E-state index contributed by atoms with van der Waals surface area (Å²) >= 11 is 6.52. The summed E-state index contributed by atoms with van der Waals surface area (Å²) in [5, 5.41) is 10.1. The van der Waals surface area contributed by atoms with Gasteiger partial charge in [-0.15, -0.1) is 0 Å². The van der Waals surface area contributed by atoms with Gasteiger partial charge in [0.15, 0.2) is 15.6 Å². The zero-order valence-electron chi connectivity index (χ0n) is 20.8. The van der Waals surface area contributed by atoms with Crippen LogP contribution in [0.1, 0.15) is 66.5 Å². The summed E-state index contributed by atoms with van der Waals surface area (Å²) in [5.41, 5.74) is 5.87. The van der Waals surface area contributed by atoms with Gasteiger partial charge in [0.25, 0.3) is 0 Å². The molecule has 0 spiro atoms. The summed E-state index contributed by atoms with van der Waals surface area (Å²) in [6, 6.07) is 14.2. The Morgan fingerprint density at radius 3 is 2.53 bits per heavy atom. The number of aromatic nitrogens is 2. The molecule has 0 aliphatic heterocycles. The predicted octanol–water partition coefficient (Wildman–Crippen LogP) is 5.65. The van der Waals surface area contributed by atoms with Crippen LogP contribution in [0.25, 0.3) is 5.57 Å². The molecule has 0 bridgehead atoms. The maximum atomic E-state index is 11.6. The third-order valence-corrected chi connectivity index (χ3v) is 7.42. The molecule has 0 unspecified atom stereocenters. The molecule has 0 saturated heterocycles. The molecular weight excluding hydrogens is 494 g/mol. The van der Waals surface area contributed by atoms with Crippen molar-refractivity contribution in [1.82, 2.24) is 9.97 Å². The van der Waals surface area contributed by atoms with E-state index in [1.54, 1.807) is 6.20 Å². The Morgan fingerprint density at radius 1 is 1.17 bits per heavy atom. The minimum Gasteiger partial charge on any atom is -0.491 e. The molecule has 1 heterocycles. The molecule has 1 aromatic heterocycles. The fourth-order valence-electron chi connectivity index (χ4n) is 4.35. The van der Waals surface area contributed by atoms with Crippen molar-refractivity contribution < 1.29 is 13.2 Å². The minimum atomic E-state index is -3.19. The van der Waals surface area contributed by atoms with E-state index in [1.165, 1.54) is 6.26 Å². The van der Waals surface area contributed by atoms with Gasteiger partial charge in [0.1, 0.15) is 17.6 Å². The van der Waals surface area contributed by atoms with Crippen molar-refractivity contribution in [3.05, 3.63) is 93.0 Å². The molecule has 6 nitrogen and oxygen atoms in total. The molecule has 1 aliphatic carbocycles. The highest BCUT2D eigenvalue weighted by Crippen LogP contribution is 2.39. The number of halogens is 1. The van der Waals surface area contributed by atoms with Gasteiger partial charge >= 0.3 is 0 Å². The Bertz CT molecular complexity index is 1490. The lowest BCUT2D eigenvalue weighted by atomic mass is 9.77. The largest absolute Gasteiger partial charge is 0.491 e. The lowest BCUT2D eigenvalue weighted by Crippen LogP contribution is -2.19. The summed E-state index contributed by atoms with van der Waals surface area (Å²) < 4.78 is 28.9. The highest BCUT2D eigenvalue weighted by atomic mass is 35.5. The molecule has 4 rings (SSSR count). The molecule has 186 valence electrons. The zero-order chi connectivity index (χ0) is 26.1. The highest BCUT2D eigenvalue weighted by molar-refractivity contribution is 7.89. The Morgan fingerprint density at radius 2 is 1.89 bits per heavy atom. The van der Waals surface area contributed by atoms with Crippen LogP contribution in [0.4, 0.5) is 0 Å². The molecule has 8 heteroatoms. The van der Waals surface area contributed by atoms with Crippen molar-refractivity contribution >= 4 is 27.0 Å². The van der Waals surface area contributed by atoms with E-state index in [1.807, 2.05) is 19.1 Å². The Labute approximate surface area is 217 Å². The minimum absolute atomic E-state index is 0.164. The van der Waals surface area contributed by atoms with Crippen LogP contribution < -0.4 is 4.74 Å². The number of benzene rings is 2. The molecule has 0 N–H and O–H groups in total. The SMILES string of the molecule is CCCOc1c(Cl)cc(C(C)(C)c2ccc(C3=CCc4nc(CS(C)(=O)=O)ncc43)cc2)cc1C#N. The summed E-state index contributed by atoms with van der Waals surface area (Å²) in [5.74, 6) is 0.594. The van der Waals surface area contributed by atoms with Crippen molar-refractivity contribution in [2.75, 3.05) is 12.9 Å². The molecule has 0 fully saturated rings. The first kappa shape index (κ1) is 25.9. The van der Waals surface area contributed by atoms with E-state index in [9.17, 15) is 13.7 Å². The first-order valence-electron chi connectivity index (χ1n) is 11.7. The summed E-state index contributed by atoms with van der Waals surface area (Å²) in [4.78, 5) is 8.75. The monoisotopic (exact) mass is 521 g/mol. The second-order valence-corrected chi connectivity index (χ2v) is 12.1. The van der Waals surface area contributed by atoms with Crippen LogP contribution in [0.2, 0.25) is 5.02 Å². The van der Waals surface area contributed by atoms with E-state index in [2.05, 4.69) is 60.2 Å². The standard InChI is InChI=1S/C28H28ClN3O3S/c1-5-12-35-27-19(15-30)13-21(14-24(27)29)28(2,3)20-8-6-18(7-9-20)22-10-11-25-23(22)16-31-26(32-25)17-36(4,33)34/h6-10,13-14,16H,5,11-12,17H2,1-4H3. The van der Waals surface area contributed by atoms with E-state index < -0.39 is 15.3 Å². The number of nitrogens with zero attached hydrogens (tertiary/aromatic N) is 3. The van der Waals surface area contributed by atoms with Crippen molar-refractivity contribution in [3.63, 3.8) is 0 Å². The Kier molecular flexibility index (Phi) is 7.21. The van der Waals surface area contributed by atoms with E-state index in [0.29, 0.717) is 35.2 Å². The van der Waals surface area contributed by atoms with Gasteiger partial charge in [0, 0.05) is 29.9 Å². The topological polar surface area (TPSA) is 92.9 Å². The molecule has 0 radical (unpaired) electrons. The van der Waals surface area contributed by atoms with Crippen LogP contribution in [-0.4, -0.2) is 31.2 Å². The third-order valence-electron chi connectivity index (χ3n) is 6.35. The van der Waals surface area contributed by atoms with E-state index in [0.717, 1.165) is 39.9 Å². The van der Waals surface area contributed by atoms with Crippen molar-refractivity contribution in [3.8, 4) is 11.8 Å². The zero-order valence-corrected chi connectivity index (χ0v) is 22.4. The number of hydrogen-bond acceptors (Lipinski definition) is 6. The lowest BCUT2D eigenvalue weighted by molar-refractivity contribution is 0.316. The normalized spacial score (nSPS) is 13.2. The van der Waals surface area contributed by atoms with E-state index >= 15 is 0 Å². The van der Waals surface area contributed by atoms with Gasteiger partial charge in [0.05, 0.1) is 22.9 Å². The molecule has 0 saturated carbocycles. The van der Waals surface area contributed by atoms with Crippen LogP contribution in [0.15, 0.2) is 48.7 Å². The van der Waals surface area contributed by atoms with Gasteiger partial charge in [-0.05, 0) is 40.8 Å². The van der Waals surface area contributed by atoms with E-state index in [-0.39, 0.29) is 5.75 Å². The molecule has 1 aliphatic rings. The lowest BCUT2D eigenvalue weighted by Gasteiger charge is -2.27. The first-order valence-corrected chi connectivity index (χ1v) is 14.2. The van der Waals surface area contributed by atoms with Gasteiger partial charge in [-0.3, -0.25) is 0 Å². The fourth-order valence-corrected chi connectivity index (χ4v) is 5.23. The van der Waals surface area contributed by atoms with Gasteiger partial charge in [-0.2, -0.15) is 5.26 Å². The van der Waals surface area contributed by atoms with Crippen LogP contribution in [0, 0.1) is 11.3 Å². The number of fused-ring (bicyclic) bond motifs is 1. The molecule has 3 aromatic rings. The number of nitriles is 1. The van der Waals surface area contributed by atoms with Crippen LogP contribution in [0.5, 0.6) is 5.75 Å². The van der Waals surface area contributed by atoms with Crippen LogP contribution >= 0.6 is 11.6 Å². The average Bonchev–Trinajstić information content (AvgIpc) is 3.25. The maximum absolute atomic E-state index is 11.6. The van der Waals surface area contributed by atoms with Gasteiger partial charge in [-0.25, -0.2) is 18.4 Å². The number of ether oxygens (including phenoxy) is 1. The maximum Gasteiger partial charge on any atom is 0.155 e. The Balaban J connectivity index is 1.61. The molecular formula is C28H28ClN3O3S. The summed E-state index contributed by atoms with van der Waals surface area (Å²) in [6.45, 7) is 6.71. The fraction of sp³-hybridized carbons (Fsp3) is 0.321. The van der Waals surface area contributed by atoms with Crippen LogP contribution in [0.3, 0.4) is 0 Å². The highest BCUT2D eigenvalue weighted by Gasteiger charge is 2.27. The third kappa shape index (κ3) is 5.30. The molecule has 36 heavy (non-hydrogen) atoms. The molecule has 2 aromatic carbocycles. The number of allylic oxidation sites excluding steroid dienone is 1. The quantitative estimate of drug-likeness (QED) is 0.380. The van der Waals surface area contributed by atoms with Crippen molar-refractivity contribution in [1.29, 1.82) is 5.26 Å². The number of hydrogen-bond donors (Lipinski definition) is 0. The predicted molar refractivity (Wildman–Crippen MR) is 142 cm³/mol. The van der Waals surface area contributed by atoms with E-state index in [4.69, 9.17) is 16.3 Å². The Hall–Kier alpha value is -3.21. The summed E-state index contributed by atoms with van der Waals surface area (Å²) in [7, 11) is -3.19. The van der Waals surface area contributed by atoms with Crippen molar-refractivity contribution in [2.45, 2.75) is 44.8 Å². The summed E-state index contributed by atoms with van der Waals surface area (Å²) in [6.07, 6.45) is 6.46. The average molecular weight is 522 g/mol. The van der Waals surface area contributed by atoms with Gasteiger partial charge < -0.3 is 4.74 Å². The number of sulfone groups is 1.